The van der Waals surface area contributed by atoms with Crippen LogP contribution in [0.5, 0.6) is 0 Å². The Labute approximate surface area is 91.5 Å². The van der Waals surface area contributed by atoms with Gasteiger partial charge < -0.3 is 9.88 Å². The van der Waals surface area contributed by atoms with Gasteiger partial charge in [-0.3, -0.25) is 9.59 Å². The van der Waals surface area contributed by atoms with E-state index in [9.17, 15) is 9.59 Å². The quantitative estimate of drug-likeness (QED) is 0.753. The van der Waals surface area contributed by atoms with Crippen LogP contribution in [0.2, 0.25) is 0 Å². The summed E-state index contributed by atoms with van der Waals surface area (Å²) in [6, 6.07) is 0. The van der Waals surface area contributed by atoms with Crippen LogP contribution in [0.1, 0.15) is 12.5 Å². The molecule has 0 aliphatic carbocycles. The van der Waals surface area contributed by atoms with Crippen LogP contribution in [-0.4, -0.2) is 20.1 Å². The summed E-state index contributed by atoms with van der Waals surface area (Å²) in [6.07, 6.45) is 4.94. The number of carbonyl (C=O) groups excluding carboxylic acids is 1. The van der Waals surface area contributed by atoms with Crippen LogP contribution in [0.15, 0.2) is 23.4 Å². The molecule has 0 fully saturated rings. The van der Waals surface area contributed by atoms with Gasteiger partial charge in [0.05, 0.1) is 6.20 Å². The van der Waals surface area contributed by atoms with Crippen molar-refractivity contribution in [3.05, 3.63) is 34.5 Å². The number of hydrogen-bond acceptors (Lipinski definition) is 3. The molecular weight excluding hydrogens is 208 g/mol. The molecule has 2 heterocycles. The Morgan fingerprint density at radius 3 is 2.94 bits per heavy atom. The Morgan fingerprint density at radius 2 is 2.25 bits per heavy atom. The number of rotatable bonds is 2. The summed E-state index contributed by atoms with van der Waals surface area (Å²) in [5.74, 6) is -0.132. The zero-order chi connectivity index (χ0) is 11.7. The number of fused-ring (bicyclic) bond motifs is 1. The van der Waals surface area contributed by atoms with Crippen molar-refractivity contribution in [2.75, 3.05) is 0 Å². The van der Waals surface area contributed by atoms with Crippen LogP contribution in [0.25, 0.3) is 5.52 Å². The van der Waals surface area contributed by atoms with Crippen molar-refractivity contribution in [2.24, 2.45) is 7.05 Å². The fourth-order valence-corrected chi connectivity index (χ4v) is 1.49. The molecule has 2 aromatic heterocycles. The molecule has 0 aromatic carbocycles. The average molecular weight is 220 g/mol. The molecule has 16 heavy (non-hydrogen) atoms. The molecule has 1 amide bonds. The molecule has 84 valence electrons. The minimum Gasteiger partial charge on any atom is -0.352 e. The molecule has 0 radical (unpaired) electrons. The topological polar surface area (TPSA) is 68.4 Å². The summed E-state index contributed by atoms with van der Waals surface area (Å²) >= 11 is 0. The molecule has 0 unspecified atom stereocenters. The lowest BCUT2D eigenvalue weighted by Crippen LogP contribution is -2.22. The molecule has 0 aliphatic heterocycles. The van der Waals surface area contributed by atoms with Gasteiger partial charge in [0.2, 0.25) is 5.91 Å². The van der Waals surface area contributed by atoms with Gasteiger partial charge in [-0.25, -0.2) is 4.52 Å². The first kappa shape index (κ1) is 10.4. The first-order valence-corrected chi connectivity index (χ1v) is 4.86. The van der Waals surface area contributed by atoms with E-state index in [1.807, 2.05) is 0 Å². The Balaban J connectivity index is 2.50. The highest BCUT2D eigenvalue weighted by Crippen LogP contribution is 2.04. The largest absolute Gasteiger partial charge is 0.352 e. The van der Waals surface area contributed by atoms with Gasteiger partial charge in [-0.2, -0.15) is 5.10 Å². The smallest absolute Gasteiger partial charge is 0.276 e. The van der Waals surface area contributed by atoms with Crippen molar-refractivity contribution in [1.82, 2.24) is 19.5 Å². The minimum atomic E-state index is -0.132. The van der Waals surface area contributed by atoms with E-state index in [0.29, 0.717) is 12.1 Å². The van der Waals surface area contributed by atoms with Crippen molar-refractivity contribution >= 4 is 11.4 Å². The molecule has 0 saturated heterocycles. The molecule has 2 rings (SSSR count). The molecule has 0 aliphatic rings. The molecular formula is C10H12N4O2. The number of hydrogen-bond donors (Lipinski definition) is 1. The van der Waals surface area contributed by atoms with E-state index in [0.717, 1.165) is 5.56 Å². The van der Waals surface area contributed by atoms with Gasteiger partial charge in [-0.15, -0.1) is 0 Å². The fraction of sp³-hybridized carbons (Fsp3) is 0.300. The summed E-state index contributed by atoms with van der Waals surface area (Å²) in [4.78, 5) is 22.6. The van der Waals surface area contributed by atoms with Gasteiger partial charge in [-0.1, -0.05) is 0 Å². The molecule has 0 atom stereocenters. The molecule has 0 bridgehead atoms. The normalized spacial score (nSPS) is 10.6. The minimum absolute atomic E-state index is 0.125. The first-order valence-electron chi connectivity index (χ1n) is 4.86. The van der Waals surface area contributed by atoms with E-state index in [2.05, 4.69) is 10.4 Å². The van der Waals surface area contributed by atoms with E-state index >= 15 is 0 Å². The van der Waals surface area contributed by atoms with Crippen molar-refractivity contribution in [3.8, 4) is 0 Å². The Morgan fingerprint density at radius 1 is 1.50 bits per heavy atom. The molecule has 6 nitrogen and oxygen atoms in total. The second kappa shape index (κ2) is 3.80. The number of amides is 1. The number of nitrogens with zero attached hydrogens (tertiary/aromatic N) is 3. The first-order chi connectivity index (χ1) is 7.59. The number of aromatic nitrogens is 3. The van der Waals surface area contributed by atoms with Crippen molar-refractivity contribution in [3.63, 3.8) is 0 Å². The van der Waals surface area contributed by atoms with Crippen molar-refractivity contribution in [2.45, 2.75) is 13.5 Å². The van der Waals surface area contributed by atoms with E-state index < -0.39 is 0 Å². The number of aryl methyl sites for hydroxylation is 1. The Bertz CT molecular complexity index is 596. The van der Waals surface area contributed by atoms with Gasteiger partial charge in [0.1, 0.15) is 5.52 Å². The summed E-state index contributed by atoms with van der Waals surface area (Å²) in [6.45, 7) is 1.75. The summed E-state index contributed by atoms with van der Waals surface area (Å²) < 4.78 is 2.99. The summed E-state index contributed by atoms with van der Waals surface area (Å²) in [5, 5.41) is 6.70. The van der Waals surface area contributed by atoms with Crippen LogP contribution in [-0.2, 0) is 18.4 Å². The lowest BCUT2D eigenvalue weighted by atomic mass is 10.3. The van der Waals surface area contributed by atoms with Gasteiger partial charge in [0.25, 0.3) is 5.56 Å². The highest BCUT2D eigenvalue weighted by Gasteiger charge is 2.08. The van der Waals surface area contributed by atoms with Crippen molar-refractivity contribution in [1.29, 1.82) is 0 Å². The van der Waals surface area contributed by atoms with Crippen molar-refractivity contribution < 1.29 is 4.79 Å². The Kier molecular flexibility index (Phi) is 2.47. The molecule has 6 heteroatoms. The van der Waals surface area contributed by atoms with E-state index in [1.54, 1.807) is 25.6 Å². The Hall–Kier alpha value is -2.11. The second-order valence-corrected chi connectivity index (χ2v) is 3.59. The van der Waals surface area contributed by atoms with Crippen LogP contribution in [0, 0.1) is 0 Å². The highest BCUT2D eigenvalue weighted by atomic mass is 16.1. The standard InChI is InChI=1S/C10H12N4O2/c1-7(15)11-5-8-6-12-14-4-3-13(2)10(16)9(8)14/h3-4,6H,5H2,1-2H3,(H,11,15). The van der Waals surface area contributed by atoms with Gasteiger partial charge in [0.15, 0.2) is 0 Å². The van der Waals surface area contributed by atoms with Crippen LogP contribution >= 0.6 is 0 Å². The lowest BCUT2D eigenvalue weighted by Gasteiger charge is -2.01. The zero-order valence-corrected chi connectivity index (χ0v) is 9.10. The molecule has 0 saturated carbocycles. The third-order valence-corrected chi connectivity index (χ3v) is 2.35. The highest BCUT2D eigenvalue weighted by molar-refractivity contribution is 5.73. The van der Waals surface area contributed by atoms with E-state index in [4.69, 9.17) is 0 Å². The molecule has 1 N–H and O–H groups in total. The number of nitrogens with one attached hydrogen (secondary N) is 1. The second-order valence-electron chi connectivity index (χ2n) is 3.59. The molecule has 0 spiro atoms. The van der Waals surface area contributed by atoms with Crippen LogP contribution in [0.4, 0.5) is 0 Å². The van der Waals surface area contributed by atoms with E-state index in [-0.39, 0.29) is 11.5 Å². The summed E-state index contributed by atoms with van der Waals surface area (Å²) in [7, 11) is 1.68. The van der Waals surface area contributed by atoms with E-state index in [1.165, 1.54) is 16.0 Å². The fourth-order valence-electron chi connectivity index (χ4n) is 1.49. The predicted molar refractivity (Wildman–Crippen MR) is 58.0 cm³/mol. The van der Waals surface area contributed by atoms with Gasteiger partial charge in [-0.05, 0) is 0 Å². The lowest BCUT2D eigenvalue weighted by molar-refractivity contribution is -0.119. The third-order valence-electron chi connectivity index (χ3n) is 2.35. The monoisotopic (exact) mass is 220 g/mol. The average Bonchev–Trinajstić information content (AvgIpc) is 2.64. The van der Waals surface area contributed by atoms with Crippen LogP contribution in [0.3, 0.4) is 0 Å². The van der Waals surface area contributed by atoms with Gasteiger partial charge >= 0.3 is 0 Å². The maximum atomic E-state index is 11.8. The zero-order valence-electron chi connectivity index (χ0n) is 9.10. The maximum absolute atomic E-state index is 11.8. The SMILES string of the molecule is CC(=O)NCc1cnn2ccn(C)c(=O)c12. The third kappa shape index (κ3) is 1.69. The summed E-state index contributed by atoms with van der Waals surface area (Å²) in [5.41, 5.74) is 1.09. The maximum Gasteiger partial charge on any atom is 0.276 e. The van der Waals surface area contributed by atoms with Gasteiger partial charge in [0, 0.05) is 38.5 Å². The number of carbonyl (C=O) groups is 1. The van der Waals surface area contributed by atoms with Crippen LogP contribution < -0.4 is 10.9 Å². The predicted octanol–water partition coefficient (Wildman–Crippen LogP) is -0.331. The molecule has 2 aromatic rings.